The normalized spacial score (nSPS) is 12.9. The number of fused-ring (bicyclic) bond motifs is 1. The second-order valence-corrected chi connectivity index (χ2v) is 12.4. The number of nitrogens with one attached hydrogen (secondary N) is 1. The first-order valence-electron chi connectivity index (χ1n) is 17.8. The summed E-state index contributed by atoms with van der Waals surface area (Å²) in [5.41, 5.74) is 8.31. The topological polar surface area (TPSA) is 65.9 Å². The van der Waals surface area contributed by atoms with Crippen molar-refractivity contribution in [3.8, 4) is 5.69 Å². The van der Waals surface area contributed by atoms with Crippen LogP contribution in [-0.4, -0.2) is 28.7 Å². The third-order valence-corrected chi connectivity index (χ3v) is 8.82. The number of nitrogens with zero attached hydrogens (tertiary/aromatic N) is 4. The van der Waals surface area contributed by atoms with E-state index >= 15 is 0 Å². The first-order valence-corrected chi connectivity index (χ1v) is 17.8. The Balaban J connectivity index is 1.29. The molecular weight excluding hydrogens is 671 g/mol. The maximum absolute atomic E-state index is 9.01. The van der Waals surface area contributed by atoms with E-state index in [0.717, 1.165) is 60.6 Å². The van der Waals surface area contributed by atoms with Gasteiger partial charge in [0.2, 0.25) is 0 Å². The van der Waals surface area contributed by atoms with Gasteiger partial charge in [0.05, 0.1) is 5.52 Å². The van der Waals surface area contributed by atoms with Crippen molar-refractivity contribution < 1.29 is 0 Å². The molecule has 6 rings (SSSR count). The fourth-order valence-electron chi connectivity index (χ4n) is 6.14. The Hall–Kier alpha value is -7.50. The Bertz CT molecular complexity index is 2650. The molecule has 5 heteroatoms. The lowest BCUT2D eigenvalue weighted by Crippen LogP contribution is -2.28. The zero-order chi connectivity index (χ0) is 38.4. The van der Waals surface area contributed by atoms with Crippen LogP contribution >= 0.6 is 0 Å². The number of hydrogen-bond acceptors (Lipinski definition) is 2. The van der Waals surface area contributed by atoms with Crippen LogP contribution in [0.4, 0.5) is 0 Å². The fourth-order valence-corrected chi connectivity index (χ4v) is 6.14. The van der Waals surface area contributed by atoms with E-state index in [-0.39, 0.29) is 5.84 Å². The number of hydrogen-bond donors (Lipinski definition) is 1. The predicted molar refractivity (Wildman–Crippen MR) is 237 cm³/mol. The van der Waals surface area contributed by atoms with Crippen LogP contribution in [0.1, 0.15) is 27.8 Å². The van der Waals surface area contributed by atoms with Crippen molar-refractivity contribution in [2.75, 3.05) is 0 Å². The van der Waals surface area contributed by atoms with Crippen LogP contribution in [0.5, 0.6) is 0 Å². The standard InChI is InChI=1S/C50H41N5/c1-5-40(22-16-23-41(6-2)48-37(4)55(45-26-12-9-13-27-45)47-29-15-14-28-46(47)48)43-24-17-25-44(35-43)49(51)54-50(42-20-10-8-11-21-42)53-36-39-32-30-38(31-33-39)19-18-34-52-7-3/h5-36,51H,1-4H2/b19-18+,23-16+,40-22+,48-41-,51-49?,52-34?,53-36?,54-50?. The third-order valence-electron chi connectivity index (χ3n) is 8.82. The lowest BCUT2D eigenvalue weighted by atomic mass is 10.0. The smallest absolute Gasteiger partial charge is 0.161 e. The SMILES string of the molecule is C=CN=C/C=C/c1ccc(C=NC(=NC(=N)c2cccc(/C(C=C)=C/C=C/C(C=C)=c3/c(=C)n(-c4ccccc4)c4ccccc34)c2)c2ccccc2)cc1. The minimum Gasteiger partial charge on any atom is -0.310 e. The lowest BCUT2D eigenvalue weighted by Gasteiger charge is -2.07. The molecule has 0 saturated heterocycles. The number of aromatic nitrogens is 1. The maximum Gasteiger partial charge on any atom is 0.161 e. The summed E-state index contributed by atoms with van der Waals surface area (Å²) in [4.78, 5) is 13.4. The van der Waals surface area contributed by atoms with Crippen molar-refractivity contribution in [3.63, 3.8) is 0 Å². The summed E-state index contributed by atoms with van der Waals surface area (Å²) in [5, 5.41) is 12.0. The van der Waals surface area contributed by atoms with Gasteiger partial charge in [-0.3, -0.25) is 10.4 Å². The zero-order valence-electron chi connectivity index (χ0n) is 30.6. The lowest BCUT2D eigenvalue weighted by molar-refractivity contribution is 1.07. The van der Waals surface area contributed by atoms with Gasteiger partial charge in [-0.15, -0.1) is 0 Å². The van der Waals surface area contributed by atoms with Crippen LogP contribution < -0.4 is 10.6 Å². The molecule has 5 nitrogen and oxygen atoms in total. The predicted octanol–water partition coefficient (Wildman–Crippen LogP) is 10.3. The molecule has 0 aliphatic rings. The van der Waals surface area contributed by atoms with E-state index < -0.39 is 0 Å². The van der Waals surface area contributed by atoms with Gasteiger partial charge in [0.1, 0.15) is 0 Å². The summed E-state index contributed by atoms with van der Waals surface area (Å²) >= 11 is 0. The molecule has 6 aromatic rings. The average Bonchev–Trinajstić information content (AvgIpc) is 3.53. The van der Waals surface area contributed by atoms with Gasteiger partial charge < -0.3 is 4.57 Å². The molecule has 0 atom stereocenters. The first kappa shape index (κ1) is 37.3. The average molecular weight is 712 g/mol. The Morgan fingerprint density at radius 1 is 0.673 bits per heavy atom. The van der Waals surface area contributed by atoms with E-state index in [1.54, 1.807) is 12.4 Å². The van der Waals surface area contributed by atoms with Crippen LogP contribution in [0.15, 0.2) is 211 Å². The third kappa shape index (κ3) is 9.12. The Morgan fingerprint density at radius 3 is 2.07 bits per heavy atom. The molecule has 0 saturated carbocycles. The van der Waals surface area contributed by atoms with Gasteiger partial charge >= 0.3 is 0 Å². The minimum absolute atomic E-state index is 0.0959. The number of amidine groups is 2. The summed E-state index contributed by atoms with van der Waals surface area (Å²) in [6.45, 7) is 16.3. The molecule has 0 radical (unpaired) electrons. The molecule has 1 N–H and O–H groups in total. The molecular formula is C50H41N5. The van der Waals surface area contributed by atoms with Gasteiger partial charge in [0.25, 0.3) is 0 Å². The fraction of sp³-hybridized carbons (Fsp3) is 0. The van der Waals surface area contributed by atoms with Gasteiger partial charge in [-0.2, -0.15) is 0 Å². The van der Waals surface area contributed by atoms with Gasteiger partial charge in [-0.25, -0.2) is 9.98 Å². The van der Waals surface area contributed by atoms with Crippen LogP contribution in [0.25, 0.3) is 40.4 Å². The minimum atomic E-state index is 0.0959. The monoisotopic (exact) mass is 711 g/mol. The van der Waals surface area contributed by atoms with E-state index in [1.807, 2.05) is 152 Å². The van der Waals surface area contributed by atoms with Gasteiger partial charge in [0, 0.05) is 51.4 Å². The summed E-state index contributed by atoms with van der Waals surface area (Å²) in [5.74, 6) is 0.535. The van der Waals surface area contributed by atoms with Crippen LogP contribution in [0, 0.1) is 5.41 Å². The molecule has 5 aromatic carbocycles. The number of allylic oxidation sites excluding steroid dienone is 7. The van der Waals surface area contributed by atoms with Gasteiger partial charge in [0.15, 0.2) is 11.7 Å². The van der Waals surface area contributed by atoms with Crippen molar-refractivity contribution in [2.45, 2.75) is 0 Å². The second kappa shape index (κ2) is 18.3. The number of para-hydroxylation sites is 2. The molecule has 0 unspecified atom stereocenters. The van der Waals surface area contributed by atoms with Crippen molar-refractivity contribution >= 4 is 58.8 Å². The number of benzene rings is 5. The quantitative estimate of drug-likeness (QED) is 0.0746. The van der Waals surface area contributed by atoms with Gasteiger partial charge in [-0.1, -0.05) is 172 Å². The molecule has 0 aliphatic heterocycles. The molecule has 0 bridgehead atoms. The second-order valence-electron chi connectivity index (χ2n) is 12.4. The summed E-state index contributed by atoms with van der Waals surface area (Å²) in [6.07, 6.45) is 18.5. The van der Waals surface area contributed by atoms with E-state index in [9.17, 15) is 0 Å². The number of rotatable bonds is 12. The van der Waals surface area contributed by atoms with Crippen molar-refractivity contribution in [3.05, 3.63) is 234 Å². The van der Waals surface area contributed by atoms with Crippen LogP contribution in [0.2, 0.25) is 0 Å². The highest BCUT2D eigenvalue weighted by molar-refractivity contribution is 6.13. The van der Waals surface area contributed by atoms with E-state index in [0.29, 0.717) is 11.4 Å². The number of aliphatic imine (C=N–C) groups is 3. The Labute approximate surface area is 322 Å². The zero-order valence-corrected chi connectivity index (χ0v) is 30.6. The van der Waals surface area contributed by atoms with Gasteiger partial charge in [-0.05, 0) is 58.2 Å². The molecule has 1 aromatic heterocycles. The molecule has 266 valence electrons. The largest absolute Gasteiger partial charge is 0.310 e. The van der Waals surface area contributed by atoms with Crippen molar-refractivity contribution in [1.29, 1.82) is 5.41 Å². The van der Waals surface area contributed by atoms with E-state index in [1.165, 1.54) is 6.20 Å². The summed E-state index contributed by atoms with van der Waals surface area (Å²) in [6, 6.07) is 44.0. The molecule has 0 fully saturated rings. The Morgan fingerprint density at radius 2 is 1.35 bits per heavy atom. The molecule has 55 heavy (non-hydrogen) atoms. The first-order chi connectivity index (χ1) is 27.0. The molecule has 0 aliphatic carbocycles. The van der Waals surface area contributed by atoms with Crippen LogP contribution in [0.3, 0.4) is 0 Å². The Kier molecular flexibility index (Phi) is 12.4. The summed E-state index contributed by atoms with van der Waals surface area (Å²) < 4.78 is 2.18. The molecule has 1 heterocycles. The van der Waals surface area contributed by atoms with E-state index in [2.05, 4.69) is 60.1 Å². The van der Waals surface area contributed by atoms with E-state index in [4.69, 9.17) is 15.4 Å². The van der Waals surface area contributed by atoms with Crippen molar-refractivity contribution in [2.24, 2.45) is 15.0 Å². The summed E-state index contributed by atoms with van der Waals surface area (Å²) in [7, 11) is 0. The highest BCUT2D eigenvalue weighted by Gasteiger charge is 2.10. The maximum atomic E-state index is 9.01. The molecule has 0 amide bonds. The highest BCUT2D eigenvalue weighted by atomic mass is 15.0. The molecule has 0 spiro atoms. The van der Waals surface area contributed by atoms with Crippen molar-refractivity contribution in [1.82, 2.24) is 4.57 Å². The van der Waals surface area contributed by atoms with Crippen LogP contribution in [-0.2, 0) is 0 Å². The highest BCUT2D eigenvalue weighted by Crippen LogP contribution is 2.20.